The molecule has 0 radical (unpaired) electrons. The van der Waals surface area contributed by atoms with Crippen LogP contribution in [0.1, 0.15) is 47.5 Å². The monoisotopic (exact) mass is 273 g/mol. The van der Waals surface area contributed by atoms with Crippen molar-refractivity contribution in [1.82, 2.24) is 5.32 Å². The van der Waals surface area contributed by atoms with Gasteiger partial charge in [-0.2, -0.15) is 0 Å². The van der Waals surface area contributed by atoms with Crippen LogP contribution in [0.15, 0.2) is 0 Å². The van der Waals surface area contributed by atoms with E-state index in [0.29, 0.717) is 19.6 Å². The molecule has 0 aromatic carbocycles. The molecule has 0 fully saturated rings. The molecule has 0 saturated heterocycles. The van der Waals surface area contributed by atoms with Crippen LogP contribution in [0.25, 0.3) is 0 Å². The van der Waals surface area contributed by atoms with Gasteiger partial charge in [0.05, 0.1) is 11.6 Å². The maximum Gasteiger partial charge on any atom is 0.137 e. The fraction of sp³-hybridized carbons (Fsp3) is 0.857. The van der Waals surface area contributed by atoms with E-state index < -0.39 is 0 Å². The zero-order valence-electron chi connectivity index (χ0n) is 12.3. The zero-order valence-corrected chi connectivity index (χ0v) is 13.2. The normalized spacial score (nSPS) is 11.7. The van der Waals surface area contributed by atoms with Gasteiger partial charge in [0, 0.05) is 30.9 Å². The lowest BCUT2D eigenvalue weighted by Gasteiger charge is -2.21. The first-order valence-electron chi connectivity index (χ1n) is 6.64. The molecule has 0 aromatic rings. The molecular formula is C14H27NO2S. The summed E-state index contributed by atoms with van der Waals surface area (Å²) < 4.78 is 5.42. The van der Waals surface area contributed by atoms with Gasteiger partial charge in [-0.1, -0.05) is 46.8 Å². The van der Waals surface area contributed by atoms with Crippen molar-refractivity contribution in [3.05, 3.63) is 0 Å². The molecule has 106 valence electrons. The fourth-order valence-corrected chi connectivity index (χ4v) is 1.31. The Morgan fingerprint density at radius 2 is 1.89 bits per heavy atom. The number of hydrogen-bond acceptors (Lipinski definition) is 3. The molecule has 0 amide bonds. The van der Waals surface area contributed by atoms with Gasteiger partial charge in [0.15, 0.2) is 0 Å². The van der Waals surface area contributed by atoms with Crippen LogP contribution in [0, 0.1) is 11.3 Å². The van der Waals surface area contributed by atoms with Crippen molar-refractivity contribution in [2.24, 2.45) is 11.3 Å². The summed E-state index contributed by atoms with van der Waals surface area (Å²) in [4.78, 5) is 12.2. The molecule has 0 aliphatic heterocycles. The van der Waals surface area contributed by atoms with Crippen molar-refractivity contribution in [2.75, 3.05) is 19.8 Å². The number of thiocarbonyl (C=S) groups is 1. The first-order valence-corrected chi connectivity index (χ1v) is 7.04. The number of carbonyl (C=O) groups is 1. The lowest BCUT2D eigenvalue weighted by Crippen LogP contribution is -2.34. The molecule has 18 heavy (non-hydrogen) atoms. The van der Waals surface area contributed by atoms with Gasteiger partial charge in [-0.25, -0.2) is 0 Å². The average Bonchev–Trinajstić information content (AvgIpc) is 2.25. The average molecular weight is 273 g/mol. The Labute approximate surface area is 117 Å². The molecular weight excluding hydrogens is 246 g/mol. The summed E-state index contributed by atoms with van der Waals surface area (Å²) in [5.74, 6) is 0.376. The van der Waals surface area contributed by atoms with E-state index in [1.54, 1.807) is 0 Å². The lowest BCUT2D eigenvalue weighted by molar-refractivity contribution is -0.122. The molecule has 4 heteroatoms. The number of hydrogen-bond donors (Lipinski definition) is 1. The molecule has 0 aliphatic rings. The summed E-state index contributed by atoms with van der Waals surface area (Å²) in [7, 11) is 0. The summed E-state index contributed by atoms with van der Waals surface area (Å²) in [5, 5.41) is 3.23. The predicted octanol–water partition coefficient (Wildman–Crippen LogP) is 2.97. The quantitative estimate of drug-likeness (QED) is 0.545. The summed E-state index contributed by atoms with van der Waals surface area (Å²) in [6, 6.07) is 0. The highest BCUT2D eigenvalue weighted by Crippen LogP contribution is 2.13. The van der Waals surface area contributed by atoms with E-state index in [9.17, 15) is 4.79 Å². The minimum atomic E-state index is 0.0277. The Bertz CT molecular complexity index is 269. The van der Waals surface area contributed by atoms with Crippen LogP contribution < -0.4 is 5.32 Å². The summed E-state index contributed by atoms with van der Waals surface area (Å²) in [5.41, 5.74) is 0.0277. The molecule has 0 aromatic heterocycles. The number of carbonyl (C=O) groups excluding carboxylic acids is 1. The highest BCUT2D eigenvalue weighted by Gasteiger charge is 2.15. The third-order valence-electron chi connectivity index (χ3n) is 2.57. The number of ether oxygens (including phenoxy) is 1. The lowest BCUT2D eigenvalue weighted by atomic mass is 9.97. The van der Waals surface area contributed by atoms with Gasteiger partial charge in [0.1, 0.15) is 5.78 Å². The second-order valence-electron chi connectivity index (χ2n) is 5.84. The smallest absolute Gasteiger partial charge is 0.137 e. The van der Waals surface area contributed by atoms with Crippen LogP contribution in [-0.4, -0.2) is 30.5 Å². The van der Waals surface area contributed by atoms with E-state index >= 15 is 0 Å². The van der Waals surface area contributed by atoms with E-state index in [1.165, 1.54) is 0 Å². The van der Waals surface area contributed by atoms with Gasteiger partial charge in [0.25, 0.3) is 0 Å². The number of ketones is 1. The number of nitrogens with one attached hydrogen (secondary N) is 1. The zero-order chi connectivity index (χ0) is 14.2. The Morgan fingerprint density at radius 3 is 2.39 bits per heavy atom. The fourth-order valence-electron chi connectivity index (χ4n) is 1.20. The molecule has 1 N–H and O–H groups in total. The molecule has 0 unspecified atom stereocenters. The second-order valence-corrected chi connectivity index (χ2v) is 6.25. The van der Waals surface area contributed by atoms with Crippen LogP contribution in [0.5, 0.6) is 0 Å². The number of rotatable bonds is 8. The molecule has 0 spiro atoms. The van der Waals surface area contributed by atoms with Crippen LogP contribution in [0.2, 0.25) is 0 Å². The maximum absolute atomic E-state index is 11.3. The minimum absolute atomic E-state index is 0.0277. The maximum atomic E-state index is 11.3. The SMILES string of the molecule is CC(C)C(=O)CCOCCCNC(=S)C(C)(C)C. The Morgan fingerprint density at radius 1 is 1.28 bits per heavy atom. The first kappa shape index (κ1) is 17.5. The van der Waals surface area contributed by atoms with Crippen LogP contribution in [0.4, 0.5) is 0 Å². The van der Waals surface area contributed by atoms with Crippen molar-refractivity contribution < 1.29 is 9.53 Å². The standard InChI is InChI=1S/C14H27NO2S/c1-11(2)12(16)7-10-17-9-6-8-15-13(18)14(3,4)5/h11H,6-10H2,1-5H3,(H,15,18). The Kier molecular flexibility index (Phi) is 8.36. The molecule has 0 bridgehead atoms. The van der Waals surface area contributed by atoms with Gasteiger partial charge < -0.3 is 10.1 Å². The predicted molar refractivity (Wildman–Crippen MR) is 80.0 cm³/mol. The van der Waals surface area contributed by atoms with Gasteiger partial charge in [-0.3, -0.25) is 4.79 Å². The van der Waals surface area contributed by atoms with Gasteiger partial charge in [-0.05, 0) is 6.42 Å². The topological polar surface area (TPSA) is 38.3 Å². The molecule has 0 saturated carbocycles. The van der Waals surface area contributed by atoms with Gasteiger partial charge >= 0.3 is 0 Å². The first-order chi connectivity index (χ1) is 8.25. The van der Waals surface area contributed by atoms with E-state index in [2.05, 4.69) is 26.1 Å². The van der Waals surface area contributed by atoms with Gasteiger partial charge in [-0.15, -0.1) is 0 Å². The largest absolute Gasteiger partial charge is 0.381 e. The van der Waals surface area contributed by atoms with Crippen LogP contribution in [-0.2, 0) is 9.53 Å². The Balaban J connectivity index is 3.42. The minimum Gasteiger partial charge on any atom is -0.381 e. The van der Waals surface area contributed by atoms with E-state index in [0.717, 1.165) is 18.0 Å². The highest BCUT2D eigenvalue weighted by molar-refractivity contribution is 7.80. The van der Waals surface area contributed by atoms with Crippen molar-refractivity contribution in [2.45, 2.75) is 47.5 Å². The molecule has 0 rings (SSSR count). The van der Waals surface area contributed by atoms with E-state index in [4.69, 9.17) is 17.0 Å². The van der Waals surface area contributed by atoms with Crippen molar-refractivity contribution in [3.63, 3.8) is 0 Å². The summed E-state index contributed by atoms with van der Waals surface area (Å²) in [6.45, 7) is 12.1. The van der Waals surface area contributed by atoms with Crippen molar-refractivity contribution in [1.29, 1.82) is 0 Å². The van der Waals surface area contributed by atoms with Crippen LogP contribution >= 0.6 is 12.2 Å². The van der Waals surface area contributed by atoms with Crippen molar-refractivity contribution >= 4 is 23.0 Å². The second kappa shape index (κ2) is 8.59. The third kappa shape index (κ3) is 8.59. The van der Waals surface area contributed by atoms with Crippen LogP contribution in [0.3, 0.4) is 0 Å². The van der Waals surface area contributed by atoms with E-state index in [1.807, 2.05) is 13.8 Å². The molecule has 0 aliphatic carbocycles. The van der Waals surface area contributed by atoms with Crippen molar-refractivity contribution in [3.8, 4) is 0 Å². The third-order valence-corrected chi connectivity index (χ3v) is 3.33. The molecule has 3 nitrogen and oxygen atoms in total. The molecule has 0 heterocycles. The van der Waals surface area contributed by atoms with E-state index in [-0.39, 0.29) is 17.1 Å². The summed E-state index contributed by atoms with van der Waals surface area (Å²) >= 11 is 5.26. The molecule has 0 atom stereocenters. The summed E-state index contributed by atoms with van der Waals surface area (Å²) in [6.07, 6.45) is 1.43. The van der Waals surface area contributed by atoms with Gasteiger partial charge in [0.2, 0.25) is 0 Å². The Hall–Kier alpha value is -0.480. The number of Topliss-reactive ketones (excluding diaryl/α,β-unsaturated/α-hetero) is 1. The highest BCUT2D eigenvalue weighted by atomic mass is 32.1.